The van der Waals surface area contributed by atoms with Gasteiger partial charge < -0.3 is 21.3 Å². The zero-order valence-corrected chi connectivity index (χ0v) is 16.4. The van der Waals surface area contributed by atoms with Crippen molar-refractivity contribution in [3.8, 4) is 0 Å². The minimum absolute atomic E-state index is 0. The second-order valence-electron chi connectivity index (χ2n) is 6.68. The first-order valence-corrected chi connectivity index (χ1v) is 8.91. The van der Waals surface area contributed by atoms with E-state index >= 15 is 0 Å². The lowest BCUT2D eigenvalue weighted by Gasteiger charge is -2.31. The second kappa shape index (κ2) is 9.52. The lowest BCUT2D eigenvalue weighted by Crippen LogP contribution is -2.41. The van der Waals surface area contributed by atoms with Gasteiger partial charge in [0.2, 0.25) is 5.91 Å². The fourth-order valence-corrected chi connectivity index (χ4v) is 3.15. The van der Waals surface area contributed by atoms with E-state index in [2.05, 4.69) is 10.6 Å². The van der Waals surface area contributed by atoms with E-state index in [1.54, 1.807) is 0 Å². The van der Waals surface area contributed by atoms with E-state index in [0.717, 1.165) is 11.1 Å². The highest BCUT2D eigenvalue weighted by molar-refractivity contribution is 6.00. The van der Waals surface area contributed by atoms with Gasteiger partial charge in [0.15, 0.2) is 0 Å². The SMILES string of the molecule is CC(CN)C(=O)N1CCc2c(cccc2NC(=O)Nc2ccc(F)cc2)C1.Cl. The van der Waals surface area contributed by atoms with Crippen molar-refractivity contribution >= 4 is 35.7 Å². The van der Waals surface area contributed by atoms with Crippen LogP contribution in [0.3, 0.4) is 0 Å². The zero-order valence-electron chi connectivity index (χ0n) is 15.6. The number of nitrogens with two attached hydrogens (primary N) is 1. The molecular formula is C20H24ClFN4O2. The fourth-order valence-electron chi connectivity index (χ4n) is 3.15. The average Bonchev–Trinajstić information content (AvgIpc) is 2.68. The van der Waals surface area contributed by atoms with Gasteiger partial charge in [0.05, 0.1) is 0 Å². The molecule has 0 aromatic heterocycles. The Hall–Kier alpha value is -2.64. The standard InChI is InChI=1S/C20H23FN4O2.ClH/c1-13(11-22)19(26)25-10-9-17-14(12-25)3-2-4-18(17)24-20(27)23-16-7-5-15(21)6-8-16;/h2-8,13H,9-12,22H2,1H3,(H2,23,24,27);1H. The van der Waals surface area contributed by atoms with Gasteiger partial charge in [-0.15, -0.1) is 12.4 Å². The number of nitrogens with zero attached hydrogens (tertiary/aromatic N) is 1. The number of hydrogen-bond donors (Lipinski definition) is 3. The summed E-state index contributed by atoms with van der Waals surface area (Å²) in [5, 5.41) is 5.52. The maximum atomic E-state index is 13.0. The van der Waals surface area contributed by atoms with Crippen LogP contribution in [0.15, 0.2) is 42.5 Å². The molecule has 3 rings (SSSR count). The van der Waals surface area contributed by atoms with E-state index < -0.39 is 6.03 Å². The second-order valence-corrected chi connectivity index (χ2v) is 6.68. The first kappa shape index (κ1) is 21.7. The van der Waals surface area contributed by atoms with E-state index in [1.165, 1.54) is 24.3 Å². The minimum Gasteiger partial charge on any atom is -0.338 e. The summed E-state index contributed by atoms with van der Waals surface area (Å²) in [6.45, 7) is 3.25. The van der Waals surface area contributed by atoms with Crippen LogP contribution in [-0.2, 0) is 17.8 Å². The molecule has 1 atom stereocenters. The molecule has 3 amide bonds. The summed E-state index contributed by atoms with van der Waals surface area (Å²) < 4.78 is 13.0. The Morgan fingerprint density at radius 1 is 1.18 bits per heavy atom. The predicted molar refractivity (Wildman–Crippen MR) is 110 cm³/mol. The smallest absolute Gasteiger partial charge is 0.323 e. The molecule has 0 aliphatic carbocycles. The van der Waals surface area contributed by atoms with Crippen LogP contribution in [0.2, 0.25) is 0 Å². The third-order valence-corrected chi connectivity index (χ3v) is 4.70. The summed E-state index contributed by atoms with van der Waals surface area (Å²) in [7, 11) is 0. The van der Waals surface area contributed by atoms with Crippen LogP contribution in [0.25, 0.3) is 0 Å². The largest absolute Gasteiger partial charge is 0.338 e. The number of benzene rings is 2. The summed E-state index contributed by atoms with van der Waals surface area (Å²) in [6, 6.07) is 10.8. The van der Waals surface area contributed by atoms with Crippen molar-refractivity contribution in [1.82, 2.24) is 4.90 Å². The number of urea groups is 1. The Morgan fingerprint density at radius 2 is 1.89 bits per heavy atom. The molecule has 0 spiro atoms. The molecule has 1 heterocycles. The third-order valence-electron chi connectivity index (χ3n) is 4.70. The molecule has 4 N–H and O–H groups in total. The summed E-state index contributed by atoms with van der Waals surface area (Å²) in [4.78, 5) is 26.4. The van der Waals surface area contributed by atoms with Gasteiger partial charge in [-0.3, -0.25) is 4.79 Å². The number of rotatable bonds is 4. The van der Waals surface area contributed by atoms with Gasteiger partial charge in [0.1, 0.15) is 5.82 Å². The molecule has 2 aromatic carbocycles. The van der Waals surface area contributed by atoms with Crippen molar-refractivity contribution in [2.24, 2.45) is 11.7 Å². The zero-order chi connectivity index (χ0) is 19.4. The number of halogens is 2. The maximum Gasteiger partial charge on any atom is 0.323 e. The van der Waals surface area contributed by atoms with Crippen LogP contribution in [0.5, 0.6) is 0 Å². The van der Waals surface area contributed by atoms with Gasteiger partial charge in [-0.1, -0.05) is 19.1 Å². The normalized spacial score (nSPS) is 13.8. The Kier molecular flexibility index (Phi) is 7.37. The van der Waals surface area contributed by atoms with Crippen LogP contribution in [0.1, 0.15) is 18.1 Å². The van der Waals surface area contributed by atoms with Crippen molar-refractivity contribution in [3.63, 3.8) is 0 Å². The summed E-state index contributed by atoms with van der Waals surface area (Å²) in [6.07, 6.45) is 0.658. The summed E-state index contributed by atoms with van der Waals surface area (Å²) in [5.41, 5.74) is 8.86. The molecule has 150 valence electrons. The summed E-state index contributed by atoms with van der Waals surface area (Å²) in [5.74, 6) is -0.508. The molecule has 1 aliphatic heterocycles. The van der Waals surface area contributed by atoms with E-state index in [-0.39, 0.29) is 30.0 Å². The van der Waals surface area contributed by atoms with Gasteiger partial charge in [-0.2, -0.15) is 0 Å². The average molecular weight is 407 g/mol. The molecule has 8 heteroatoms. The quantitative estimate of drug-likeness (QED) is 0.727. The summed E-state index contributed by atoms with van der Waals surface area (Å²) >= 11 is 0. The van der Waals surface area contributed by atoms with Crippen molar-refractivity contribution in [3.05, 3.63) is 59.4 Å². The van der Waals surface area contributed by atoms with Crippen LogP contribution >= 0.6 is 12.4 Å². The molecule has 1 aliphatic rings. The number of carbonyl (C=O) groups excluding carboxylic acids is 2. The first-order chi connectivity index (χ1) is 13.0. The van der Waals surface area contributed by atoms with Gasteiger partial charge in [-0.25, -0.2) is 9.18 Å². The number of hydrogen-bond acceptors (Lipinski definition) is 3. The van der Waals surface area contributed by atoms with E-state index in [1.807, 2.05) is 30.0 Å². The molecule has 0 saturated heterocycles. The Labute approximate surface area is 169 Å². The van der Waals surface area contributed by atoms with Gasteiger partial charge in [0.25, 0.3) is 0 Å². The highest BCUT2D eigenvalue weighted by atomic mass is 35.5. The molecule has 0 bridgehead atoms. The molecule has 6 nitrogen and oxygen atoms in total. The maximum absolute atomic E-state index is 13.0. The van der Waals surface area contributed by atoms with E-state index in [0.29, 0.717) is 37.4 Å². The lowest BCUT2D eigenvalue weighted by molar-refractivity contribution is -0.135. The lowest BCUT2D eigenvalue weighted by atomic mass is 9.96. The number of carbonyl (C=O) groups is 2. The van der Waals surface area contributed by atoms with Gasteiger partial charge >= 0.3 is 6.03 Å². The molecule has 1 unspecified atom stereocenters. The predicted octanol–water partition coefficient (Wildman–Crippen LogP) is 3.37. The van der Waals surface area contributed by atoms with Crippen LogP contribution in [0.4, 0.5) is 20.6 Å². The molecule has 0 radical (unpaired) electrons. The topological polar surface area (TPSA) is 87.5 Å². The number of fused-ring (bicyclic) bond motifs is 1. The Balaban J connectivity index is 0.00000280. The Morgan fingerprint density at radius 3 is 2.57 bits per heavy atom. The molecule has 2 aromatic rings. The first-order valence-electron chi connectivity index (χ1n) is 8.91. The third kappa shape index (κ3) is 4.99. The van der Waals surface area contributed by atoms with Crippen molar-refractivity contribution < 1.29 is 14.0 Å². The number of nitrogens with one attached hydrogen (secondary N) is 2. The van der Waals surface area contributed by atoms with E-state index in [4.69, 9.17) is 5.73 Å². The number of amides is 3. The van der Waals surface area contributed by atoms with Crippen molar-refractivity contribution in [1.29, 1.82) is 0 Å². The monoisotopic (exact) mass is 406 g/mol. The van der Waals surface area contributed by atoms with Crippen molar-refractivity contribution in [2.45, 2.75) is 19.9 Å². The molecular weight excluding hydrogens is 383 g/mol. The molecule has 0 fully saturated rings. The number of anilines is 2. The molecule has 28 heavy (non-hydrogen) atoms. The molecule has 0 saturated carbocycles. The van der Waals surface area contributed by atoms with E-state index in [9.17, 15) is 14.0 Å². The van der Waals surface area contributed by atoms with Gasteiger partial charge in [-0.05, 0) is 47.9 Å². The highest BCUT2D eigenvalue weighted by Gasteiger charge is 2.25. The van der Waals surface area contributed by atoms with Crippen molar-refractivity contribution in [2.75, 3.05) is 23.7 Å². The Bertz CT molecular complexity index is 845. The van der Waals surface area contributed by atoms with Crippen LogP contribution in [-0.4, -0.2) is 29.9 Å². The van der Waals surface area contributed by atoms with Crippen LogP contribution < -0.4 is 16.4 Å². The fraction of sp³-hybridized carbons (Fsp3) is 0.300. The highest BCUT2D eigenvalue weighted by Crippen LogP contribution is 2.27. The van der Waals surface area contributed by atoms with Gasteiger partial charge in [0, 0.05) is 36.9 Å². The van der Waals surface area contributed by atoms with Crippen LogP contribution in [0, 0.1) is 11.7 Å². The minimum atomic E-state index is -0.398.